The number of rotatable bonds is 2. The number of nitrogens with zero attached hydrogens (tertiary/aromatic N) is 3. The third-order valence-corrected chi connectivity index (χ3v) is 4.58. The number of carbonyl (C=O) groups excluding carboxylic acids is 1. The molecule has 0 bridgehead atoms. The number of anilines is 1. The molecule has 4 heteroatoms. The molecule has 1 saturated heterocycles. The number of hydrogen-bond acceptors (Lipinski definition) is 3. The monoisotopic (exact) mass is 319 g/mol. The maximum absolute atomic E-state index is 12.6. The Labute approximate surface area is 142 Å². The van der Waals surface area contributed by atoms with Crippen molar-refractivity contribution in [2.75, 3.05) is 31.1 Å². The van der Waals surface area contributed by atoms with Crippen LogP contribution in [0.1, 0.15) is 27.0 Å². The Bertz CT molecular complexity index is 761. The highest BCUT2D eigenvalue weighted by Gasteiger charge is 2.23. The van der Waals surface area contributed by atoms with Gasteiger partial charge in [-0.1, -0.05) is 18.2 Å². The number of para-hydroxylation sites is 1. The Hall–Kier alpha value is -2.80. The lowest BCUT2D eigenvalue weighted by Gasteiger charge is -2.37. The molecule has 122 valence electrons. The van der Waals surface area contributed by atoms with Crippen LogP contribution < -0.4 is 4.90 Å². The summed E-state index contributed by atoms with van der Waals surface area (Å²) >= 11 is 0. The molecular formula is C20H21N3O. The zero-order valence-electron chi connectivity index (χ0n) is 14.1. The van der Waals surface area contributed by atoms with Crippen molar-refractivity contribution in [1.29, 1.82) is 5.26 Å². The molecule has 1 amide bonds. The molecule has 1 aliphatic heterocycles. The summed E-state index contributed by atoms with van der Waals surface area (Å²) in [5.74, 6) is 0.0423. The van der Waals surface area contributed by atoms with Gasteiger partial charge in [-0.15, -0.1) is 0 Å². The minimum atomic E-state index is 0.0423. The zero-order chi connectivity index (χ0) is 17.1. The van der Waals surface area contributed by atoms with E-state index in [1.807, 2.05) is 4.90 Å². The van der Waals surface area contributed by atoms with E-state index >= 15 is 0 Å². The van der Waals surface area contributed by atoms with Crippen molar-refractivity contribution in [1.82, 2.24) is 4.90 Å². The molecule has 0 atom stereocenters. The molecule has 0 saturated carbocycles. The van der Waals surface area contributed by atoms with Crippen molar-refractivity contribution in [3.8, 4) is 6.07 Å². The van der Waals surface area contributed by atoms with Gasteiger partial charge in [0.1, 0.15) is 0 Å². The summed E-state index contributed by atoms with van der Waals surface area (Å²) in [6.07, 6.45) is 0. The smallest absolute Gasteiger partial charge is 0.253 e. The van der Waals surface area contributed by atoms with Gasteiger partial charge in [0.15, 0.2) is 0 Å². The van der Waals surface area contributed by atoms with Crippen LogP contribution in [-0.4, -0.2) is 37.0 Å². The first-order valence-electron chi connectivity index (χ1n) is 8.21. The normalized spacial score (nSPS) is 14.4. The van der Waals surface area contributed by atoms with Crippen molar-refractivity contribution >= 4 is 11.6 Å². The maximum atomic E-state index is 12.6. The number of amides is 1. The van der Waals surface area contributed by atoms with Crippen LogP contribution >= 0.6 is 0 Å². The van der Waals surface area contributed by atoms with Gasteiger partial charge in [0.05, 0.1) is 11.6 Å². The van der Waals surface area contributed by atoms with E-state index in [0.717, 1.165) is 13.1 Å². The van der Waals surface area contributed by atoms with E-state index in [1.54, 1.807) is 24.3 Å². The highest BCUT2D eigenvalue weighted by molar-refractivity contribution is 5.94. The topological polar surface area (TPSA) is 47.3 Å². The Kier molecular flexibility index (Phi) is 4.52. The molecule has 0 N–H and O–H groups in total. The highest BCUT2D eigenvalue weighted by Crippen LogP contribution is 2.25. The molecule has 0 unspecified atom stereocenters. The quantitative estimate of drug-likeness (QED) is 0.854. The molecule has 24 heavy (non-hydrogen) atoms. The third kappa shape index (κ3) is 3.11. The number of nitriles is 1. The van der Waals surface area contributed by atoms with Gasteiger partial charge in [-0.3, -0.25) is 4.79 Å². The summed E-state index contributed by atoms with van der Waals surface area (Å²) in [5.41, 5.74) is 5.08. The van der Waals surface area contributed by atoms with Gasteiger partial charge in [-0.25, -0.2) is 0 Å². The summed E-state index contributed by atoms with van der Waals surface area (Å²) in [6, 6.07) is 15.3. The van der Waals surface area contributed by atoms with Gasteiger partial charge in [0, 0.05) is 37.4 Å². The van der Waals surface area contributed by atoms with Crippen LogP contribution in [-0.2, 0) is 0 Å². The molecule has 0 spiro atoms. The number of carbonyl (C=O) groups is 1. The Morgan fingerprint density at radius 2 is 1.54 bits per heavy atom. The predicted molar refractivity (Wildman–Crippen MR) is 95.2 cm³/mol. The van der Waals surface area contributed by atoms with Crippen LogP contribution in [0.5, 0.6) is 0 Å². The largest absolute Gasteiger partial charge is 0.368 e. The summed E-state index contributed by atoms with van der Waals surface area (Å²) in [4.78, 5) is 16.9. The van der Waals surface area contributed by atoms with Crippen LogP contribution in [0.4, 0.5) is 5.69 Å². The van der Waals surface area contributed by atoms with E-state index in [1.165, 1.54) is 16.8 Å². The van der Waals surface area contributed by atoms with E-state index in [4.69, 9.17) is 5.26 Å². The van der Waals surface area contributed by atoms with Gasteiger partial charge in [-0.2, -0.15) is 5.26 Å². The highest BCUT2D eigenvalue weighted by atomic mass is 16.2. The van der Waals surface area contributed by atoms with E-state index in [-0.39, 0.29) is 5.91 Å². The summed E-state index contributed by atoms with van der Waals surface area (Å²) in [5, 5.41) is 8.85. The van der Waals surface area contributed by atoms with Crippen LogP contribution in [0.15, 0.2) is 42.5 Å². The number of piperazine rings is 1. The van der Waals surface area contributed by atoms with E-state index in [0.29, 0.717) is 24.2 Å². The molecule has 4 nitrogen and oxygen atoms in total. The van der Waals surface area contributed by atoms with Crippen LogP contribution in [0.2, 0.25) is 0 Å². The molecule has 0 aliphatic carbocycles. The molecule has 1 heterocycles. The van der Waals surface area contributed by atoms with Crippen LogP contribution in [0.25, 0.3) is 0 Å². The van der Waals surface area contributed by atoms with Gasteiger partial charge < -0.3 is 9.80 Å². The molecule has 0 radical (unpaired) electrons. The standard InChI is InChI=1S/C20H21N3O/c1-15-4-3-5-16(2)19(15)22-10-12-23(13-11-22)20(24)18-8-6-17(14-21)7-9-18/h3-9H,10-13H2,1-2H3. The second-order valence-corrected chi connectivity index (χ2v) is 6.21. The van der Waals surface area contributed by atoms with Gasteiger partial charge in [0.25, 0.3) is 5.91 Å². The molecular weight excluding hydrogens is 298 g/mol. The van der Waals surface area contributed by atoms with E-state index in [2.05, 4.69) is 43.0 Å². The molecule has 2 aromatic carbocycles. The maximum Gasteiger partial charge on any atom is 0.253 e. The average Bonchev–Trinajstić information content (AvgIpc) is 2.62. The summed E-state index contributed by atoms with van der Waals surface area (Å²) in [6.45, 7) is 7.38. The van der Waals surface area contributed by atoms with Crippen LogP contribution in [0, 0.1) is 25.2 Å². The zero-order valence-corrected chi connectivity index (χ0v) is 14.1. The second kappa shape index (κ2) is 6.76. The molecule has 3 rings (SSSR count). The minimum absolute atomic E-state index is 0.0423. The van der Waals surface area contributed by atoms with E-state index in [9.17, 15) is 4.79 Å². The lowest BCUT2D eigenvalue weighted by molar-refractivity contribution is 0.0747. The molecule has 1 fully saturated rings. The number of hydrogen-bond donors (Lipinski definition) is 0. The number of aryl methyl sites for hydroxylation is 2. The molecule has 0 aromatic heterocycles. The Morgan fingerprint density at radius 3 is 2.08 bits per heavy atom. The fraction of sp³-hybridized carbons (Fsp3) is 0.300. The Morgan fingerprint density at radius 1 is 0.958 bits per heavy atom. The van der Waals surface area contributed by atoms with Crippen LogP contribution in [0.3, 0.4) is 0 Å². The van der Waals surface area contributed by atoms with Gasteiger partial charge in [-0.05, 0) is 49.2 Å². The van der Waals surface area contributed by atoms with E-state index < -0.39 is 0 Å². The average molecular weight is 319 g/mol. The van der Waals surface area contributed by atoms with Gasteiger partial charge in [0.2, 0.25) is 0 Å². The van der Waals surface area contributed by atoms with Crippen molar-refractivity contribution in [3.05, 3.63) is 64.7 Å². The minimum Gasteiger partial charge on any atom is -0.368 e. The second-order valence-electron chi connectivity index (χ2n) is 6.21. The SMILES string of the molecule is Cc1cccc(C)c1N1CCN(C(=O)c2ccc(C#N)cc2)CC1. The Balaban J connectivity index is 1.68. The van der Waals surface area contributed by atoms with Crippen molar-refractivity contribution in [2.45, 2.75) is 13.8 Å². The summed E-state index contributed by atoms with van der Waals surface area (Å²) < 4.78 is 0. The number of benzene rings is 2. The summed E-state index contributed by atoms with van der Waals surface area (Å²) in [7, 11) is 0. The van der Waals surface area contributed by atoms with Crippen molar-refractivity contribution in [2.24, 2.45) is 0 Å². The van der Waals surface area contributed by atoms with Crippen molar-refractivity contribution < 1.29 is 4.79 Å². The fourth-order valence-electron chi connectivity index (χ4n) is 3.31. The van der Waals surface area contributed by atoms with Gasteiger partial charge >= 0.3 is 0 Å². The lowest BCUT2D eigenvalue weighted by Crippen LogP contribution is -2.49. The third-order valence-electron chi connectivity index (χ3n) is 4.58. The predicted octanol–water partition coefficient (Wildman–Crippen LogP) is 3.14. The van der Waals surface area contributed by atoms with Crippen molar-refractivity contribution in [3.63, 3.8) is 0 Å². The molecule has 2 aromatic rings. The fourth-order valence-corrected chi connectivity index (χ4v) is 3.31. The first-order valence-corrected chi connectivity index (χ1v) is 8.21. The first kappa shape index (κ1) is 16.1. The first-order chi connectivity index (χ1) is 11.6. The lowest BCUT2D eigenvalue weighted by atomic mass is 10.1. The molecule has 1 aliphatic rings.